The van der Waals surface area contributed by atoms with Gasteiger partial charge in [-0.15, -0.1) is 0 Å². The zero-order valence-electron chi connectivity index (χ0n) is 17.9. The number of aromatic nitrogens is 1. The van der Waals surface area contributed by atoms with Gasteiger partial charge in [0, 0.05) is 49.3 Å². The molecule has 3 aromatic rings. The Morgan fingerprint density at radius 1 is 1.23 bits per heavy atom. The van der Waals surface area contributed by atoms with Crippen LogP contribution in [0, 0.1) is 5.82 Å². The first-order valence-electron chi connectivity index (χ1n) is 10.7. The number of thiocarbonyl (C=S) groups is 1. The van der Waals surface area contributed by atoms with Crippen LogP contribution in [0.15, 0.2) is 42.6 Å². The van der Waals surface area contributed by atoms with E-state index in [4.69, 9.17) is 23.8 Å². The molecule has 1 aliphatic heterocycles. The van der Waals surface area contributed by atoms with Crippen LogP contribution in [0.25, 0.3) is 22.0 Å². The molecule has 2 aromatic carbocycles. The van der Waals surface area contributed by atoms with Gasteiger partial charge in [-0.25, -0.2) is 4.39 Å². The number of likely N-dealkylation sites (tertiary alicyclic amines) is 1. The number of H-pyrrole nitrogens is 1. The molecule has 164 valence electrons. The Balaban J connectivity index is 1.49. The number of nitrogens with zero attached hydrogens (tertiary/aromatic N) is 2. The summed E-state index contributed by atoms with van der Waals surface area (Å²) in [5.74, 6) is 0.255. The molecule has 0 amide bonds. The minimum atomic E-state index is -0.232. The second-order valence-electron chi connectivity index (χ2n) is 8.37. The second-order valence-corrected chi connectivity index (χ2v) is 9.19. The van der Waals surface area contributed by atoms with E-state index in [-0.39, 0.29) is 5.82 Å². The molecule has 0 atom stereocenters. The Morgan fingerprint density at radius 2 is 1.94 bits per heavy atom. The molecule has 0 radical (unpaired) electrons. The Morgan fingerprint density at radius 3 is 2.61 bits per heavy atom. The molecule has 2 heterocycles. The summed E-state index contributed by atoms with van der Waals surface area (Å²) in [6.07, 6.45) is 4.35. The van der Waals surface area contributed by atoms with E-state index in [0.717, 1.165) is 60.8 Å². The lowest BCUT2D eigenvalue weighted by molar-refractivity contribution is 0.215. The van der Waals surface area contributed by atoms with Crippen LogP contribution in [0.2, 0.25) is 5.02 Å². The van der Waals surface area contributed by atoms with Crippen molar-refractivity contribution in [2.75, 3.05) is 40.3 Å². The molecule has 31 heavy (non-hydrogen) atoms. The minimum absolute atomic E-state index is 0.232. The number of fused-ring (bicyclic) bond motifs is 1. The van der Waals surface area contributed by atoms with Gasteiger partial charge in [0.05, 0.1) is 0 Å². The lowest BCUT2D eigenvalue weighted by Gasteiger charge is -2.32. The number of nitrogens with one attached hydrogen (secondary N) is 2. The van der Waals surface area contributed by atoms with Crippen molar-refractivity contribution in [2.24, 2.45) is 0 Å². The van der Waals surface area contributed by atoms with Gasteiger partial charge >= 0.3 is 0 Å². The molecule has 4 nitrogen and oxygen atoms in total. The van der Waals surface area contributed by atoms with Gasteiger partial charge in [0.25, 0.3) is 0 Å². The lowest BCUT2D eigenvalue weighted by atomic mass is 9.87. The highest BCUT2D eigenvalue weighted by atomic mass is 35.5. The molecule has 0 saturated carbocycles. The summed E-state index contributed by atoms with van der Waals surface area (Å²) in [5.41, 5.74) is 4.40. The third kappa shape index (κ3) is 5.03. The van der Waals surface area contributed by atoms with Crippen LogP contribution in [-0.4, -0.2) is 60.2 Å². The fourth-order valence-electron chi connectivity index (χ4n) is 4.39. The number of halogens is 2. The Hall–Kier alpha value is -2.15. The fraction of sp³-hybridized carbons (Fsp3) is 0.375. The van der Waals surface area contributed by atoms with E-state index in [1.807, 2.05) is 43.3 Å². The van der Waals surface area contributed by atoms with E-state index in [1.54, 1.807) is 0 Å². The summed E-state index contributed by atoms with van der Waals surface area (Å²) >= 11 is 11.7. The molecule has 4 rings (SSSR count). The van der Waals surface area contributed by atoms with Gasteiger partial charge in [-0.2, -0.15) is 0 Å². The normalized spacial score (nSPS) is 15.4. The van der Waals surface area contributed by atoms with Gasteiger partial charge in [0.2, 0.25) is 0 Å². The maximum atomic E-state index is 13.5. The van der Waals surface area contributed by atoms with Crippen LogP contribution < -0.4 is 5.32 Å². The van der Waals surface area contributed by atoms with Crippen molar-refractivity contribution in [3.63, 3.8) is 0 Å². The van der Waals surface area contributed by atoms with E-state index >= 15 is 0 Å². The third-order valence-corrected chi connectivity index (χ3v) is 6.80. The summed E-state index contributed by atoms with van der Waals surface area (Å²) in [6.45, 7) is 3.98. The van der Waals surface area contributed by atoms with E-state index in [9.17, 15) is 4.39 Å². The predicted octanol–water partition coefficient (Wildman–Crippen LogP) is 5.24. The third-order valence-electron chi connectivity index (χ3n) is 6.07. The smallest absolute Gasteiger partial charge is 0.168 e. The van der Waals surface area contributed by atoms with E-state index in [1.165, 1.54) is 23.1 Å². The summed E-state index contributed by atoms with van der Waals surface area (Å²) in [6, 6.07) is 10.6. The van der Waals surface area contributed by atoms with Crippen LogP contribution >= 0.6 is 23.8 Å². The number of hydrogen-bond acceptors (Lipinski definition) is 2. The number of aromatic amines is 1. The molecule has 1 aromatic heterocycles. The number of benzene rings is 2. The molecule has 1 fully saturated rings. The highest BCUT2D eigenvalue weighted by molar-refractivity contribution is 7.80. The molecule has 0 unspecified atom stereocenters. The van der Waals surface area contributed by atoms with E-state index in [0.29, 0.717) is 10.9 Å². The molecule has 2 N–H and O–H groups in total. The van der Waals surface area contributed by atoms with Gasteiger partial charge in [-0.05, 0) is 85.0 Å². The molecule has 7 heteroatoms. The van der Waals surface area contributed by atoms with Gasteiger partial charge in [0.15, 0.2) is 5.11 Å². The number of piperidine rings is 1. The van der Waals surface area contributed by atoms with Gasteiger partial charge in [-0.3, -0.25) is 0 Å². The van der Waals surface area contributed by atoms with Crippen molar-refractivity contribution in [3.8, 4) is 11.1 Å². The highest BCUT2D eigenvalue weighted by Gasteiger charge is 2.24. The van der Waals surface area contributed by atoms with Crippen molar-refractivity contribution in [1.82, 2.24) is 20.1 Å². The lowest BCUT2D eigenvalue weighted by Crippen LogP contribution is -2.41. The average molecular weight is 459 g/mol. The first kappa shape index (κ1) is 22.1. The van der Waals surface area contributed by atoms with Crippen LogP contribution in [0.5, 0.6) is 0 Å². The Kier molecular flexibility index (Phi) is 6.80. The monoisotopic (exact) mass is 458 g/mol. The van der Waals surface area contributed by atoms with Gasteiger partial charge in [-0.1, -0.05) is 23.7 Å². The van der Waals surface area contributed by atoms with Crippen molar-refractivity contribution in [2.45, 2.75) is 18.8 Å². The Bertz CT molecular complexity index is 1060. The van der Waals surface area contributed by atoms with Gasteiger partial charge < -0.3 is 20.1 Å². The maximum absolute atomic E-state index is 13.5. The zero-order valence-corrected chi connectivity index (χ0v) is 19.5. The standard InChI is InChI=1S/C24H28ClFN4S/c1-29(2)24(31)27-9-12-30-10-7-17(8-11-30)21-15-28-22-14-18(25)13-20(23(21)22)16-3-5-19(26)6-4-16/h3-6,13-15,17,28H,7-12H2,1-2H3,(H,27,31). The number of hydrogen-bond donors (Lipinski definition) is 2. The summed E-state index contributed by atoms with van der Waals surface area (Å²) in [5, 5.41) is 5.96. The summed E-state index contributed by atoms with van der Waals surface area (Å²) in [4.78, 5) is 7.83. The number of rotatable bonds is 5. The highest BCUT2D eigenvalue weighted by Crippen LogP contribution is 2.39. The van der Waals surface area contributed by atoms with Crippen molar-refractivity contribution >= 4 is 39.8 Å². The van der Waals surface area contributed by atoms with Crippen molar-refractivity contribution in [3.05, 3.63) is 59.0 Å². The molecular weight excluding hydrogens is 431 g/mol. The molecule has 0 aliphatic carbocycles. The average Bonchev–Trinajstić information content (AvgIpc) is 3.18. The Labute approximate surface area is 193 Å². The molecule has 0 spiro atoms. The van der Waals surface area contributed by atoms with Crippen molar-refractivity contribution < 1.29 is 4.39 Å². The molecule has 1 saturated heterocycles. The van der Waals surface area contributed by atoms with Crippen LogP contribution in [0.1, 0.15) is 24.3 Å². The first-order valence-corrected chi connectivity index (χ1v) is 11.4. The van der Waals surface area contributed by atoms with Gasteiger partial charge in [0.1, 0.15) is 5.82 Å². The molecule has 1 aliphatic rings. The summed E-state index contributed by atoms with van der Waals surface area (Å²) < 4.78 is 13.5. The van der Waals surface area contributed by atoms with Crippen LogP contribution in [0.4, 0.5) is 4.39 Å². The van der Waals surface area contributed by atoms with E-state index < -0.39 is 0 Å². The summed E-state index contributed by atoms with van der Waals surface area (Å²) in [7, 11) is 3.91. The maximum Gasteiger partial charge on any atom is 0.168 e. The molecular formula is C24H28ClFN4S. The SMILES string of the molecule is CN(C)C(=S)NCCN1CCC(c2c[nH]c3cc(Cl)cc(-c4ccc(F)cc4)c23)CC1. The van der Waals surface area contributed by atoms with Crippen LogP contribution in [0.3, 0.4) is 0 Å². The quantitative estimate of drug-likeness (QED) is 0.512. The predicted molar refractivity (Wildman–Crippen MR) is 131 cm³/mol. The fourth-order valence-corrected chi connectivity index (χ4v) is 4.71. The van der Waals surface area contributed by atoms with Crippen LogP contribution in [-0.2, 0) is 0 Å². The minimum Gasteiger partial charge on any atom is -0.361 e. The topological polar surface area (TPSA) is 34.3 Å². The zero-order chi connectivity index (χ0) is 22.0. The van der Waals surface area contributed by atoms with E-state index in [2.05, 4.69) is 21.4 Å². The first-order chi connectivity index (χ1) is 14.9. The molecule has 0 bridgehead atoms. The second kappa shape index (κ2) is 9.55. The largest absolute Gasteiger partial charge is 0.361 e. The van der Waals surface area contributed by atoms with Crippen molar-refractivity contribution in [1.29, 1.82) is 0 Å².